The molecule has 0 aromatic heterocycles. The first-order valence-corrected chi connectivity index (χ1v) is 8.76. The predicted octanol–water partition coefficient (Wildman–Crippen LogP) is 0.571. The van der Waals surface area contributed by atoms with Crippen molar-refractivity contribution in [2.45, 2.75) is 45.4 Å². The summed E-state index contributed by atoms with van der Waals surface area (Å²) in [6.45, 7) is 2.25. The minimum absolute atomic E-state index is 0.0284. The lowest BCUT2D eigenvalue weighted by atomic mass is 9.49. The standard InChI is InChI=1S/C17H27N3O3/c1-11(21)18-2-3-19-15(22)10-20-16(23)17-7-12-4-13(8-17)6-14(5-12)9-17/h12-14H,2-10H2,1H3,(H,18,21)(H,19,22)(H,20,23). The van der Waals surface area contributed by atoms with Gasteiger partial charge in [0.05, 0.1) is 6.54 Å². The molecule has 0 aromatic rings. The summed E-state index contributed by atoms with van der Waals surface area (Å²) in [6.07, 6.45) is 6.93. The molecule has 4 fully saturated rings. The third kappa shape index (κ3) is 3.67. The highest BCUT2D eigenvalue weighted by Crippen LogP contribution is 2.60. The van der Waals surface area contributed by atoms with Gasteiger partial charge in [0.2, 0.25) is 17.7 Å². The Hall–Kier alpha value is -1.59. The number of hydrogen-bond acceptors (Lipinski definition) is 3. The maximum absolute atomic E-state index is 12.7. The molecule has 0 unspecified atom stereocenters. The van der Waals surface area contributed by atoms with Crippen molar-refractivity contribution in [1.29, 1.82) is 0 Å². The first kappa shape index (κ1) is 16.3. The van der Waals surface area contributed by atoms with E-state index in [9.17, 15) is 14.4 Å². The Morgan fingerprint density at radius 2 is 1.39 bits per heavy atom. The highest BCUT2D eigenvalue weighted by atomic mass is 16.2. The molecule has 6 heteroatoms. The third-order valence-corrected chi connectivity index (χ3v) is 5.75. The van der Waals surface area contributed by atoms with Crippen LogP contribution in [-0.2, 0) is 14.4 Å². The summed E-state index contributed by atoms with van der Waals surface area (Å²) in [5.41, 5.74) is -0.203. The van der Waals surface area contributed by atoms with Crippen molar-refractivity contribution in [2.75, 3.05) is 19.6 Å². The molecule has 6 nitrogen and oxygen atoms in total. The van der Waals surface area contributed by atoms with Gasteiger partial charge in [-0.1, -0.05) is 0 Å². The van der Waals surface area contributed by atoms with Crippen LogP contribution in [-0.4, -0.2) is 37.4 Å². The molecule has 4 bridgehead atoms. The second kappa shape index (κ2) is 6.49. The zero-order valence-corrected chi connectivity index (χ0v) is 13.8. The van der Waals surface area contributed by atoms with E-state index in [2.05, 4.69) is 16.0 Å². The number of nitrogens with one attached hydrogen (secondary N) is 3. The summed E-state index contributed by atoms with van der Waals surface area (Å²) in [6, 6.07) is 0. The van der Waals surface area contributed by atoms with Crippen LogP contribution >= 0.6 is 0 Å². The summed E-state index contributed by atoms with van der Waals surface area (Å²) >= 11 is 0. The van der Waals surface area contributed by atoms with E-state index in [1.165, 1.54) is 26.2 Å². The van der Waals surface area contributed by atoms with Gasteiger partial charge >= 0.3 is 0 Å². The minimum Gasteiger partial charge on any atom is -0.355 e. The van der Waals surface area contributed by atoms with Crippen molar-refractivity contribution in [1.82, 2.24) is 16.0 Å². The fourth-order valence-electron chi connectivity index (χ4n) is 5.24. The molecule has 0 spiro atoms. The van der Waals surface area contributed by atoms with E-state index < -0.39 is 0 Å². The average molecular weight is 321 g/mol. The molecule has 128 valence electrons. The third-order valence-electron chi connectivity index (χ3n) is 5.75. The lowest BCUT2D eigenvalue weighted by Gasteiger charge is -2.55. The van der Waals surface area contributed by atoms with E-state index in [1.54, 1.807) is 0 Å². The zero-order chi connectivity index (χ0) is 16.4. The highest BCUT2D eigenvalue weighted by Gasteiger charge is 2.54. The Morgan fingerprint density at radius 1 is 0.870 bits per heavy atom. The minimum atomic E-state index is -0.203. The number of carbonyl (C=O) groups excluding carboxylic acids is 3. The molecule has 0 radical (unpaired) electrons. The molecule has 4 aliphatic rings. The van der Waals surface area contributed by atoms with Crippen molar-refractivity contribution in [2.24, 2.45) is 23.2 Å². The zero-order valence-electron chi connectivity index (χ0n) is 13.8. The molecule has 3 N–H and O–H groups in total. The quantitative estimate of drug-likeness (QED) is 0.625. The molecular weight excluding hydrogens is 294 g/mol. The van der Waals surface area contributed by atoms with Gasteiger partial charge in [-0.25, -0.2) is 0 Å². The fraction of sp³-hybridized carbons (Fsp3) is 0.824. The number of amides is 3. The van der Waals surface area contributed by atoms with Crippen molar-refractivity contribution in [3.05, 3.63) is 0 Å². The molecular formula is C17H27N3O3. The van der Waals surface area contributed by atoms with Crippen molar-refractivity contribution in [3.8, 4) is 0 Å². The smallest absolute Gasteiger partial charge is 0.239 e. The molecule has 4 saturated carbocycles. The van der Waals surface area contributed by atoms with E-state index in [4.69, 9.17) is 0 Å². The lowest BCUT2D eigenvalue weighted by molar-refractivity contribution is -0.147. The van der Waals surface area contributed by atoms with Crippen molar-refractivity contribution < 1.29 is 14.4 Å². The van der Waals surface area contributed by atoms with Gasteiger partial charge in [-0.2, -0.15) is 0 Å². The highest BCUT2D eigenvalue weighted by molar-refractivity contribution is 5.88. The lowest BCUT2D eigenvalue weighted by Crippen LogP contribution is -2.54. The van der Waals surface area contributed by atoms with Crippen LogP contribution < -0.4 is 16.0 Å². The van der Waals surface area contributed by atoms with E-state index in [0.717, 1.165) is 37.0 Å². The molecule has 3 amide bonds. The SMILES string of the molecule is CC(=O)NCCNC(=O)CNC(=O)C12CC3CC(CC(C3)C1)C2. The molecule has 0 aliphatic heterocycles. The van der Waals surface area contributed by atoms with Crippen LogP contribution in [0.3, 0.4) is 0 Å². The largest absolute Gasteiger partial charge is 0.355 e. The van der Waals surface area contributed by atoms with Crippen LogP contribution in [0.5, 0.6) is 0 Å². The number of rotatable bonds is 6. The molecule has 23 heavy (non-hydrogen) atoms. The maximum atomic E-state index is 12.7. The molecule has 0 heterocycles. The van der Waals surface area contributed by atoms with Gasteiger partial charge in [0.1, 0.15) is 0 Å². The topological polar surface area (TPSA) is 87.3 Å². The number of hydrogen-bond donors (Lipinski definition) is 3. The molecule has 4 aliphatic carbocycles. The average Bonchev–Trinajstić information content (AvgIpc) is 2.47. The summed E-state index contributed by atoms with van der Waals surface area (Å²) in [4.78, 5) is 35.2. The van der Waals surface area contributed by atoms with Crippen LogP contribution in [0.25, 0.3) is 0 Å². The van der Waals surface area contributed by atoms with Gasteiger partial charge in [-0.3, -0.25) is 14.4 Å². The van der Waals surface area contributed by atoms with Gasteiger partial charge in [0.25, 0.3) is 0 Å². The van der Waals surface area contributed by atoms with Crippen LogP contribution in [0.15, 0.2) is 0 Å². The van der Waals surface area contributed by atoms with Crippen molar-refractivity contribution >= 4 is 17.7 Å². The van der Waals surface area contributed by atoms with Crippen LogP contribution in [0.4, 0.5) is 0 Å². The van der Waals surface area contributed by atoms with Gasteiger partial charge in [0, 0.05) is 25.4 Å². The Morgan fingerprint density at radius 3 is 1.91 bits per heavy atom. The van der Waals surface area contributed by atoms with Gasteiger partial charge in [0.15, 0.2) is 0 Å². The molecule has 0 saturated heterocycles. The molecule has 0 atom stereocenters. The van der Waals surface area contributed by atoms with Crippen LogP contribution in [0, 0.1) is 23.2 Å². The number of carbonyl (C=O) groups is 3. The first-order chi connectivity index (χ1) is 11.0. The van der Waals surface area contributed by atoms with Gasteiger partial charge in [-0.15, -0.1) is 0 Å². The predicted molar refractivity (Wildman–Crippen MR) is 85.3 cm³/mol. The van der Waals surface area contributed by atoms with E-state index >= 15 is 0 Å². The summed E-state index contributed by atoms with van der Waals surface area (Å²) < 4.78 is 0. The van der Waals surface area contributed by atoms with E-state index in [1.807, 2.05) is 0 Å². The monoisotopic (exact) mass is 321 g/mol. The second-order valence-corrected chi connectivity index (χ2v) is 7.71. The summed E-state index contributed by atoms with van der Waals surface area (Å²) in [5, 5.41) is 8.16. The Bertz CT molecular complexity index is 468. The van der Waals surface area contributed by atoms with E-state index in [0.29, 0.717) is 13.1 Å². The maximum Gasteiger partial charge on any atom is 0.239 e. The normalized spacial score (nSPS) is 34.0. The first-order valence-electron chi connectivity index (χ1n) is 8.76. The summed E-state index contributed by atoms with van der Waals surface area (Å²) in [7, 11) is 0. The van der Waals surface area contributed by atoms with Crippen LogP contribution in [0.1, 0.15) is 45.4 Å². The molecule has 4 rings (SSSR count). The van der Waals surface area contributed by atoms with Crippen LogP contribution in [0.2, 0.25) is 0 Å². The van der Waals surface area contributed by atoms with Gasteiger partial charge < -0.3 is 16.0 Å². The molecule has 0 aromatic carbocycles. The summed E-state index contributed by atoms with van der Waals surface area (Å²) in [5.74, 6) is 1.92. The van der Waals surface area contributed by atoms with E-state index in [-0.39, 0.29) is 29.7 Å². The fourth-order valence-corrected chi connectivity index (χ4v) is 5.24. The Balaban J connectivity index is 1.43. The van der Waals surface area contributed by atoms with Crippen molar-refractivity contribution in [3.63, 3.8) is 0 Å². The Kier molecular flexibility index (Phi) is 4.60. The second-order valence-electron chi connectivity index (χ2n) is 7.71. The van der Waals surface area contributed by atoms with Gasteiger partial charge in [-0.05, 0) is 56.3 Å². The Labute approximate surface area is 137 Å².